The molecule has 0 amide bonds. The van der Waals surface area contributed by atoms with E-state index in [4.69, 9.17) is 4.99 Å². The van der Waals surface area contributed by atoms with Gasteiger partial charge in [-0.15, -0.1) is 24.0 Å². The summed E-state index contributed by atoms with van der Waals surface area (Å²) in [6.45, 7) is 7.04. The average Bonchev–Trinajstić information content (AvgIpc) is 3.35. The molecule has 1 saturated carbocycles. The monoisotopic (exact) mass is 493 g/mol. The van der Waals surface area contributed by atoms with E-state index in [9.17, 15) is 0 Å². The van der Waals surface area contributed by atoms with E-state index in [0.717, 1.165) is 37.4 Å². The third-order valence-corrected chi connectivity index (χ3v) is 5.97. The van der Waals surface area contributed by atoms with Crippen LogP contribution < -0.4 is 5.32 Å². The van der Waals surface area contributed by atoms with E-state index in [1.807, 2.05) is 18.7 Å². The van der Waals surface area contributed by atoms with E-state index < -0.39 is 0 Å². The Bertz CT molecular complexity index is 727. The van der Waals surface area contributed by atoms with Crippen molar-refractivity contribution in [1.82, 2.24) is 19.8 Å². The van der Waals surface area contributed by atoms with Gasteiger partial charge in [0, 0.05) is 38.6 Å². The maximum absolute atomic E-state index is 4.95. The molecule has 1 saturated heterocycles. The molecule has 0 spiro atoms. The maximum atomic E-state index is 4.95. The lowest BCUT2D eigenvalue weighted by atomic mass is 9.82. The van der Waals surface area contributed by atoms with E-state index >= 15 is 0 Å². The van der Waals surface area contributed by atoms with E-state index in [1.54, 1.807) is 0 Å². The minimum Gasteiger partial charge on any atom is -0.357 e. The third-order valence-electron chi connectivity index (χ3n) is 5.97. The van der Waals surface area contributed by atoms with Gasteiger partial charge in [0.05, 0.1) is 12.9 Å². The molecular weight excluding hydrogens is 461 g/mol. The molecule has 0 radical (unpaired) electrons. The fourth-order valence-corrected chi connectivity index (χ4v) is 4.51. The number of hydrogen-bond donors (Lipinski definition) is 1. The SMILES string of the molecule is CCNC(=NCc1ccc(Cn2ccnc2)cc1)N1CC2CCCCC2C1.I. The van der Waals surface area contributed by atoms with Crippen LogP contribution in [0.4, 0.5) is 0 Å². The topological polar surface area (TPSA) is 45.5 Å². The summed E-state index contributed by atoms with van der Waals surface area (Å²) in [7, 11) is 0. The predicted octanol–water partition coefficient (Wildman–Crippen LogP) is 4.14. The number of guanidine groups is 1. The highest BCUT2D eigenvalue weighted by Crippen LogP contribution is 2.35. The highest BCUT2D eigenvalue weighted by molar-refractivity contribution is 14.0. The third kappa shape index (κ3) is 5.27. The van der Waals surface area contributed by atoms with Crippen molar-refractivity contribution in [3.05, 3.63) is 54.1 Å². The summed E-state index contributed by atoms with van der Waals surface area (Å²) in [5.74, 6) is 2.85. The molecule has 1 aliphatic carbocycles. The molecule has 2 unspecified atom stereocenters. The Hall–Kier alpha value is -1.57. The quantitative estimate of drug-likeness (QED) is 0.387. The first-order valence-corrected chi connectivity index (χ1v) is 10.4. The fourth-order valence-electron chi connectivity index (χ4n) is 4.51. The van der Waals surface area contributed by atoms with Gasteiger partial charge in [-0.05, 0) is 42.7 Å². The number of benzene rings is 1. The molecule has 0 bridgehead atoms. The Morgan fingerprint density at radius 1 is 1.11 bits per heavy atom. The summed E-state index contributed by atoms with van der Waals surface area (Å²) >= 11 is 0. The first-order valence-electron chi connectivity index (χ1n) is 10.4. The minimum absolute atomic E-state index is 0. The smallest absolute Gasteiger partial charge is 0.194 e. The van der Waals surface area contributed by atoms with Crippen molar-refractivity contribution >= 4 is 29.9 Å². The zero-order valence-corrected chi connectivity index (χ0v) is 19.1. The van der Waals surface area contributed by atoms with Crippen LogP contribution in [0.1, 0.15) is 43.7 Å². The zero-order chi connectivity index (χ0) is 18.5. The van der Waals surface area contributed by atoms with Crippen molar-refractivity contribution in [3.8, 4) is 0 Å². The van der Waals surface area contributed by atoms with Gasteiger partial charge in [-0.1, -0.05) is 37.1 Å². The molecule has 1 aliphatic heterocycles. The number of nitrogens with zero attached hydrogens (tertiary/aromatic N) is 4. The largest absolute Gasteiger partial charge is 0.357 e. The Labute approximate surface area is 185 Å². The number of likely N-dealkylation sites (tertiary alicyclic amines) is 1. The molecule has 1 N–H and O–H groups in total. The molecule has 28 heavy (non-hydrogen) atoms. The van der Waals surface area contributed by atoms with Gasteiger partial charge in [-0.2, -0.15) is 0 Å². The normalized spacial score (nSPS) is 21.9. The Kier molecular flexibility index (Phi) is 7.76. The molecule has 5 nitrogen and oxygen atoms in total. The van der Waals surface area contributed by atoms with Gasteiger partial charge >= 0.3 is 0 Å². The summed E-state index contributed by atoms with van der Waals surface area (Å²) in [5.41, 5.74) is 2.55. The number of imidazole rings is 1. The van der Waals surface area contributed by atoms with Crippen molar-refractivity contribution in [2.75, 3.05) is 19.6 Å². The molecular formula is C22H32IN5. The summed E-state index contributed by atoms with van der Waals surface area (Å²) < 4.78 is 2.09. The number of halogens is 1. The van der Waals surface area contributed by atoms with Crippen molar-refractivity contribution in [2.45, 2.75) is 45.7 Å². The lowest BCUT2D eigenvalue weighted by Gasteiger charge is -2.22. The molecule has 2 atom stereocenters. The van der Waals surface area contributed by atoms with Gasteiger partial charge in [0.1, 0.15) is 0 Å². The Balaban J connectivity index is 0.00000225. The van der Waals surface area contributed by atoms with Crippen LogP contribution in [-0.2, 0) is 13.1 Å². The van der Waals surface area contributed by atoms with Crippen LogP contribution in [0.2, 0.25) is 0 Å². The Morgan fingerprint density at radius 2 is 1.79 bits per heavy atom. The van der Waals surface area contributed by atoms with Crippen LogP contribution in [0, 0.1) is 11.8 Å². The Morgan fingerprint density at radius 3 is 2.39 bits per heavy atom. The van der Waals surface area contributed by atoms with Crippen molar-refractivity contribution in [2.24, 2.45) is 16.8 Å². The van der Waals surface area contributed by atoms with Gasteiger partial charge in [0.2, 0.25) is 0 Å². The van der Waals surface area contributed by atoms with Crippen molar-refractivity contribution < 1.29 is 0 Å². The average molecular weight is 493 g/mol. The molecule has 1 aromatic carbocycles. The van der Waals surface area contributed by atoms with Gasteiger partial charge in [-0.3, -0.25) is 0 Å². The van der Waals surface area contributed by atoms with E-state index in [0.29, 0.717) is 0 Å². The van der Waals surface area contributed by atoms with Gasteiger partial charge in [0.25, 0.3) is 0 Å². The number of fused-ring (bicyclic) bond motifs is 1. The van der Waals surface area contributed by atoms with Gasteiger partial charge < -0.3 is 14.8 Å². The second kappa shape index (κ2) is 10.3. The molecule has 2 aliphatic rings. The van der Waals surface area contributed by atoms with Crippen LogP contribution in [0.3, 0.4) is 0 Å². The summed E-state index contributed by atoms with van der Waals surface area (Å²) in [5, 5.41) is 3.51. The molecule has 2 heterocycles. The predicted molar refractivity (Wildman–Crippen MR) is 125 cm³/mol. The van der Waals surface area contributed by atoms with Crippen molar-refractivity contribution in [1.29, 1.82) is 0 Å². The van der Waals surface area contributed by atoms with Crippen LogP contribution >= 0.6 is 24.0 Å². The standard InChI is InChI=1S/C22H31N5.HI/c1-2-24-22(27-15-20-5-3-4-6-21(20)16-27)25-13-18-7-9-19(10-8-18)14-26-12-11-23-17-26;/h7-12,17,20-21H,2-6,13-16H2,1H3,(H,24,25);1H. The minimum atomic E-state index is 0. The number of rotatable bonds is 5. The number of nitrogens with one attached hydrogen (secondary N) is 1. The summed E-state index contributed by atoms with van der Waals surface area (Å²) in [6.07, 6.45) is 11.3. The first-order chi connectivity index (χ1) is 13.3. The molecule has 2 aromatic rings. The van der Waals surface area contributed by atoms with E-state index in [2.05, 4.69) is 51.0 Å². The van der Waals surface area contributed by atoms with Gasteiger partial charge in [-0.25, -0.2) is 9.98 Å². The number of hydrogen-bond acceptors (Lipinski definition) is 2. The molecule has 2 fully saturated rings. The summed E-state index contributed by atoms with van der Waals surface area (Å²) in [6, 6.07) is 8.79. The highest BCUT2D eigenvalue weighted by atomic mass is 127. The highest BCUT2D eigenvalue weighted by Gasteiger charge is 2.35. The van der Waals surface area contributed by atoms with E-state index in [-0.39, 0.29) is 24.0 Å². The lowest BCUT2D eigenvalue weighted by Crippen LogP contribution is -2.40. The molecule has 4 rings (SSSR count). The zero-order valence-electron chi connectivity index (χ0n) is 16.8. The lowest BCUT2D eigenvalue weighted by molar-refractivity contribution is 0.299. The number of aliphatic imine (C=N–C) groups is 1. The van der Waals surface area contributed by atoms with E-state index in [1.165, 1.54) is 49.9 Å². The van der Waals surface area contributed by atoms with Crippen LogP contribution in [0.5, 0.6) is 0 Å². The van der Waals surface area contributed by atoms with Crippen LogP contribution in [-0.4, -0.2) is 40.0 Å². The number of aromatic nitrogens is 2. The summed E-state index contributed by atoms with van der Waals surface area (Å²) in [4.78, 5) is 11.5. The first kappa shape index (κ1) is 21.1. The molecule has 6 heteroatoms. The molecule has 1 aromatic heterocycles. The maximum Gasteiger partial charge on any atom is 0.194 e. The molecule has 152 valence electrons. The van der Waals surface area contributed by atoms with Gasteiger partial charge in [0.15, 0.2) is 5.96 Å². The van der Waals surface area contributed by atoms with Crippen molar-refractivity contribution in [3.63, 3.8) is 0 Å². The second-order valence-electron chi connectivity index (χ2n) is 7.93. The van der Waals surface area contributed by atoms with Crippen LogP contribution in [0.15, 0.2) is 48.0 Å². The van der Waals surface area contributed by atoms with Crippen LogP contribution in [0.25, 0.3) is 0 Å². The second-order valence-corrected chi connectivity index (χ2v) is 7.93. The fraction of sp³-hybridized carbons (Fsp3) is 0.545.